The molecular weight excluding hydrogens is 471 g/mol. The van der Waals surface area contributed by atoms with Gasteiger partial charge in [0, 0.05) is 43.1 Å². The van der Waals surface area contributed by atoms with E-state index < -0.39 is 17.8 Å². The topological polar surface area (TPSA) is 64.7 Å². The van der Waals surface area contributed by atoms with E-state index in [0.29, 0.717) is 43.8 Å². The second kappa shape index (κ2) is 9.85. The lowest BCUT2D eigenvalue weighted by molar-refractivity contribution is 0.0340. The van der Waals surface area contributed by atoms with E-state index in [1.807, 2.05) is 24.3 Å². The van der Waals surface area contributed by atoms with Gasteiger partial charge < -0.3 is 9.64 Å². The van der Waals surface area contributed by atoms with Gasteiger partial charge in [-0.25, -0.2) is 18.0 Å². The molecule has 10 heteroatoms. The Hall–Kier alpha value is -3.53. The van der Waals surface area contributed by atoms with Crippen molar-refractivity contribution in [2.75, 3.05) is 38.2 Å². The normalized spacial score (nSPS) is 18.0. The highest BCUT2D eigenvalue weighted by atomic mass is 19.3. The number of carbonyl (C=O) groups excluding carboxylic acids is 1. The lowest BCUT2D eigenvalue weighted by Gasteiger charge is -2.43. The Kier molecular flexibility index (Phi) is 6.61. The van der Waals surface area contributed by atoms with Gasteiger partial charge in [-0.2, -0.15) is 5.10 Å². The monoisotopic (exact) mass is 499 g/mol. The maximum absolute atomic E-state index is 14.2. The van der Waals surface area contributed by atoms with E-state index >= 15 is 0 Å². The molecule has 1 aromatic heterocycles. The largest absolute Gasteiger partial charge is 0.497 e. The number of anilines is 1. The van der Waals surface area contributed by atoms with Crippen LogP contribution in [0.5, 0.6) is 5.75 Å². The molecule has 0 saturated carbocycles. The Labute approximate surface area is 207 Å². The SMILES string of the molecule is COc1cc(F)cc(CN2C(=O)N(c3ccc(-c4cn[nH]c4)cc3)CC23CCN(CC(F)F)CC3)c1. The van der Waals surface area contributed by atoms with Gasteiger partial charge in [-0.15, -0.1) is 0 Å². The molecule has 3 heterocycles. The second-order valence-electron chi connectivity index (χ2n) is 9.40. The summed E-state index contributed by atoms with van der Waals surface area (Å²) in [6.07, 6.45) is 2.24. The van der Waals surface area contributed by atoms with Crippen LogP contribution >= 0.6 is 0 Å². The lowest BCUT2D eigenvalue weighted by atomic mass is 9.86. The van der Waals surface area contributed by atoms with E-state index in [1.54, 1.807) is 33.2 Å². The van der Waals surface area contributed by atoms with E-state index in [1.165, 1.54) is 19.2 Å². The number of halogens is 3. The van der Waals surface area contributed by atoms with Crippen molar-refractivity contribution >= 4 is 11.7 Å². The van der Waals surface area contributed by atoms with Gasteiger partial charge in [0.2, 0.25) is 0 Å². The number of piperidine rings is 1. The maximum atomic E-state index is 14.2. The van der Waals surface area contributed by atoms with Crippen LogP contribution in [0, 0.1) is 5.82 Å². The zero-order chi connectivity index (χ0) is 25.3. The summed E-state index contributed by atoms with van der Waals surface area (Å²) >= 11 is 0. The van der Waals surface area contributed by atoms with Crippen LogP contribution in [0.1, 0.15) is 18.4 Å². The van der Waals surface area contributed by atoms with Crippen LogP contribution < -0.4 is 9.64 Å². The van der Waals surface area contributed by atoms with Gasteiger partial charge in [-0.3, -0.25) is 14.9 Å². The minimum absolute atomic E-state index is 0.184. The number of methoxy groups -OCH3 is 1. The molecule has 2 aliphatic rings. The highest BCUT2D eigenvalue weighted by Crippen LogP contribution is 2.40. The summed E-state index contributed by atoms with van der Waals surface area (Å²) in [6.45, 7) is 1.29. The Bertz CT molecular complexity index is 1190. The second-order valence-corrected chi connectivity index (χ2v) is 9.40. The van der Waals surface area contributed by atoms with Crippen molar-refractivity contribution in [3.63, 3.8) is 0 Å². The first kappa shape index (κ1) is 24.2. The van der Waals surface area contributed by atoms with Crippen LogP contribution in [0.2, 0.25) is 0 Å². The van der Waals surface area contributed by atoms with Crippen LogP contribution in [0.25, 0.3) is 11.1 Å². The van der Waals surface area contributed by atoms with Gasteiger partial charge in [0.25, 0.3) is 6.43 Å². The lowest BCUT2D eigenvalue weighted by Crippen LogP contribution is -2.54. The van der Waals surface area contributed by atoms with Crippen LogP contribution in [0.3, 0.4) is 0 Å². The Morgan fingerprint density at radius 1 is 1.11 bits per heavy atom. The number of carbonyl (C=O) groups is 1. The first-order valence-corrected chi connectivity index (χ1v) is 11.9. The maximum Gasteiger partial charge on any atom is 0.325 e. The number of ether oxygens (including phenoxy) is 1. The molecule has 5 rings (SSSR count). The molecular formula is C26H28F3N5O2. The predicted octanol–water partition coefficient (Wildman–Crippen LogP) is 4.77. The molecule has 2 saturated heterocycles. The molecule has 0 aliphatic carbocycles. The summed E-state index contributed by atoms with van der Waals surface area (Å²) < 4.78 is 45.4. The summed E-state index contributed by atoms with van der Waals surface area (Å²) in [7, 11) is 1.47. The number of alkyl halides is 2. The summed E-state index contributed by atoms with van der Waals surface area (Å²) in [5.41, 5.74) is 2.74. The van der Waals surface area contributed by atoms with Gasteiger partial charge in [0.1, 0.15) is 11.6 Å². The van der Waals surface area contributed by atoms with E-state index in [0.717, 1.165) is 16.8 Å². The molecule has 2 fully saturated rings. The first-order chi connectivity index (χ1) is 17.4. The molecule has 7 nitrogen and oxygen atoms in total. The molecule has 2 amide bonds. The van der Waals surface area contributed by atoms with E-state index in [9.17, 15) is 18.0 Å². The number of nitrogens with one attached hydrogen (secondary N) is 1. The molecule has 1 N–H and O–H groups in total. The molecule has 2 aliphatic heterocycles. The van der Waals surface area contributed by atoms with Gasteiger partial charge >= 0.3 is 6.03 Å². The fraction of sp³-hybridized carbons (Fsp3) is 0.385. The molecule has 0 unspecified atom stereocenters. The third kappa shape index (κ3) is 4.77. The summed E-state index contributed by atoms with van der Waals surface area (Å²) in [6, 6.07) is 11.9. The Morgan fingerprint density at radius 2 is 1.86 bits per heavy atom. The van der Waals surface area contributed by atoms with Crippen LogP contribution in [-0.4, -0.2) is 71.3 Å². The van der Waals surface area contributed by atoms with E-state index in [2.05, 4.69) is 10.2 Å². The quantitative estimate of drug-likeness (QED) is 0.509. The van der Waals surface area contributed by atoms with Crippen LogP contribution in [0.4, 0.5) is 23.7 Å². The smallest absolute Gasteiger partial charge is 0.325 e. The average Bonchev–Trinajstić information content (AvgIpc) is 3.49. The number of urea groups is 1. The zero-order valence-corrected chi connectivity index (χ0v) is 20.0. The van der Waals surface area contributed by atoms with Crippen molar-refractivity contribution < 1.29 is 22.7 Å². The van der Waals surface area contributed by atoms with E-state index in [4.69, 9.17) is 4.74 Å². The van der Waals surface area contributed by atoms with Crippen molar-refractivity contribution in [2.45, 2.75) is 31.4 Å². The number of hydrogen-bond acceptors (Lipinski definition) is 4. The van der Waals surface area contributed by atoms with E-state index in [-0.39, 0.29) is 19.1 Å². The fourth-order valence-electron chi connectivity index (χ4n) is 5.26. The van der Waals surface area contributed by atoms with Crippen molar-refractivity contribution in [3.05, 3.63) is 66.2 Å². The highest BCUT2D eigenvalue weighted by molar-refractivity contribution is 5.95. The first-order valence-electron chi connectivity index (χ1n) is 11.9. The molecule has 36 heavy (non-hydrogen) atoms. The Morgan fingerprint density at radius 3 is 2.50 bits per heavy atom. The number of benzene rings is 2. The molecule has 0 radical (unpaired) electrons. The van der Waals surface area contributed by atoms with Gasteiger partial charge in [-0.1, -0.05) is 12.1 Å². The molecule has 1 spiro atoms. The Balaban J connectivity index is 1.43. The summed E-state index contributed by atoms with van der Waals surface area (Å²) in [5.74, 6) is -0.0624. The van der Waals surface area contributed by atoms with Crippen molar-refractivity contribution in [3.8, 4) is 16.9 Å². The minimum atomic E-state index is -2.40. The van der Waals surface area contributed by atoms with Crippen molar-refractivity contribution in [1.82, 2.24) is 20.0 Å². The van der Waals surface area contributed by atoms with Crippen LogP contribution in [-0.2, 0) is 6.54 Å². The third-order valence-corrected chi connectivity index (χ3v) is 7.19. The zero-order valence-electron chi connectivity index (χ0n) is 20.0. The summed E-state index contributed by atoms with van der Waals surface area (Å²) in [4.78, 5) is 19.0. The predicted molar refractivity (Wildman–Crippen MR) is 130 cm³/mol. The number of amides is 2. The van der Waals surface area contributed by atoms with Gasteiger partial charge in [0.15, 0.2) is 0 Å². The number of H-pyrrole nitrogens is 1. The van der Waals surface area contributed by atoms with Gasteiger partial charge in [0.05, 0.1) is 31.9 Å². The third-order valence-electron chi connectivity index (χ3n) is 7.19. The number of likely N-dealkylation sites (tertiary alicyclic amines) is 1. The van der Waals surface area contributed by atoms with Crippen molar-refractivity contribution in [1.29, 1.82) is 0 Å². The number of hydrogen-bond donors (Lipinski definition) is 1. The fourth-order valence-corrected chi connectivity index (χ4v) is 5.26. The molecule has 3 aromatic rings. The van der Waals surface area contributed by atoms with Gasteiger partial charge in [-0.05, 0) is 48.2 Å². The number of nitrogens with zero attached hydrogens (tertiary/aromatic N) is 4. The number of aromatic amines is 1. The standard InChI is InChI=1S/C26H28F3N5O2/c1-36-23-11-18(10-21(27)12-23)15-34-25(35)33(17-26(34)6-8-32(9-7-26)16-24(28)29)22-4-2-19(3-5-22)20-13-30-31-14-20/h2-5,10-14,24H,6-9,15-17H2,1H3,(H,30,31). The molecule has 0 atom stereocenters. The molecule has 2 aromatic carbocycles. The highest BCUT2D eigenvalue weighted by Gasteiger charge is 2.51. The summed E-state index contributed by atoms with van der Waals surface area (Å²) in [5, 5.41) is 6.77. The number of rotatable bonds is 7. The number of aromatic nitrogens is 2. The molecule has 190 valence electrons. The average molecular weight is 500 g/mol. The molecule has 0 bridgehead atoms. The van der Waals surface area contributed by atoms with Crippen LogP contribution in [0.15, 0.2) is 54.9 Å². The minimum Gasteiger partial charge on any atom is -0.497 e. The van der Waals surface area contributed by atoms with Crippen molar-refractivity contribution in [2.24, 2.45) is 0 Å².